The number of allylic oxidation sites excluding steroid dienone is 2. The lowest BCUT2D eigenvalue weighted by Gasteiger charge is -2.33. The van der Waals surface area contributed by atoms with Crippen LogP contribution in [0.3, 0.4) is 0 Å². The van der Waals surface area contributed by atoms with E-state index in [2.05, 4.69) is 13.8 Å². The Morgan fingerprint density at radius 3 is 2.62 bits per heavy atom. The van der Waals surface area contributed by atoms with Gasteiger partial charge in [0.25, 0.3) is 6.29 Å². The molecule has 2 aliphatic rings. The lowest BCUT2D eigenvalue weighted by Crippen LogP contribution is -2.25. The van der Waals surface area contributed by atoms with Crippen LogP contribution in [0.1, 0.15) is 60.8 Å². The molecule has 0 bridgehead atoms. The van der Waals surface area contributed by atoms with E-state index in [4.69, 9.17) is 14.2 Å². The number of aliphatic hydroxyl groups is 1. The van der Waals surface area contributed by atoms with Crippen molar-refractivity contribution in [1.82, 2.24) is 0 Å². The molecule has 1 aliphatic carbocycles. The van der Waals surface area contributed by atoms with E-state index in [-0.39, 0.29) is 17.6 Å². The smallest absolute Gasteiger partial charge is 0.341 e. The highest BCUT2D eigenvalue weighted by Gasteiger charge is 2.29. The first kappa shape index (κ1) is 22.9. The van der Waals surface area contributed by atoms with Gasteiger partial charge in [-0.2, -0.15) is 0 Å². The number of rotatable bonds is 6. The summed E-state index contributed by atoms with van der Waals surface area (Å²) in [4.78, 5) is 24.2. The van der Waals surface area contributed by atoms with Crippen molar-refractivity contribution in [2.24, 2.45) is 5.41 Å². The largest absolute Gasteiger partial charge is 0.458 e. The molecule has 0 aromatic rings. The Hall–Kier alpha value is -2.34. The van der Waals surface area contributed by atoms with Crippen LogP contribution in [0.2, 0.25) is 0 Å². The Morgan fingerprint density at radius 1 is 1.38 bits per heavy atom. The summed E-state index contributed by atoms with van der Waals surface area (Å²) in [5.41, 5.74) is 1.88. The van der Waals surface area contributed by atoms with Gasteiger partial charge in [0.05, 0.1) is 12.2 Å². The molecule has 29 heavy (non-hydrogen) atoms. The number of aliphatic hydroxyl groups excluding tert-OH is 1. The molecule has 0 aromatic heterocycles. The Balaban J connectivity index is 2.30. The van der Waals surface area contributed by atoms with Crippen molar-refractivity contribution in [1.29, 1.82) is 0 Å². The van der Waals surface area contributed by atoms with Crippen molar-refractivity contribution in [2.75, 3.05) is 6.61 Å². The van der Waals surface area contributed by atoms with Crippen LogP contribution in [0.4, 0.5) is 0 Å². The van der Waals surface area contributed by atoms with E-state index >= 15 is 0 Å². The van der Waals surface area contributed by atoms with Crippen LogP contribution in [-0.2, 0) is 23.8 Å². The Morgan fingerprint density at radius 2 is 2.07 bits per heavy atom. The fourth-order valence-corrected chi connectivity index (χ4v) is 3.38. The van der Waals surface area contributed by atoms with Gasteiger partial charge in [-0.1, -0.05) is 19.9 Å². The normalized spacial score (nSPS) is 22.6. The monoisotopic (exact) mass is 404 g/mol. The number of carbonyl (C=O) groups is 2. The third-order valence-electron chi connectivity index (χ3n) is 4.91. The van der Waals surface area contributed by atoms with Gasteiger partial charge in [-0.25, -0.2) is 9.59 Å². The summed E-state index contributed by atoms with van der Waals surface area (Å²) in [6.07, 6.45) is 8.29. The summed E-state index contributed by atoms with van der Waals surface area (Å²) < 4.78 is 16.0. The Labute approximate surface area is 172 Å². The Bertz CT molecular complexity index is 774. The van der Waals surface area contributed by atoms with Gasteiger partial charge in [0, 0.05) is 11.6 Å². The van der Waals surface area contributed by atoms with Crippen molar-refractivity contribution >= 4 is 11.9 Å². The summed E-state index contributed by atoms with van der Waals surface area (Å²) in [6.45, 7) is 11.2. The van der Waals surface area contributed by atoms with Crippen molar-refractivity contribution in [3.05, 3.63) is 46.8 Å². The fourth-order valence-electron chi connectivity index (χ4n) is 3.38. The lowest BCUT2D eigenvalue weighted by molar-refractivity contribution is -0.152. The molecule has 160 valence electrons. The first-order valence-electron chi connectivity index (χ1n) is 9.93. The summed E-state index contributed by atoms with van der Waals surface area (Å²) in [7, 11) is 0. The highest BCUT2D eigenvalue weighted by molar-refractivity contribution is 5.92. The summed E-state index contributed by atoms with van der Waals surface area (Å²) in [5.74, 6) is -0.988. The molecule has 1 unspecified atom stereocenters. The first-order valence-corrected chi connectivity index (χ1v) is 9.93. The van der Waals surface area contributed by atoms with Crippen LogP contribution in [-0.4, -0.2) is 35.5 Å². The standard InChI is InChI=1S/C23H32O6/c1-15-12-19(28-20(15)25)27-14-17(21(26)29-22(2,3)4)9-10-18-16(13-24)8-7-11-23(18,5)6/h9-10,12,14,19,24H,7-8,11,13H2,1-6H3/b10-9+,17-14+. The third kappa shape index (κ3) is 6.32. The first-order chi connectivity index (χ1) is 13.4. The van der Waals surface area contributed by atoms with E-state index < -0.39 is 23.8 Å². The minimum absolute atomic E-state index is 0.00676. The maximum absolute atomic E-state index is 12.7. The van der Waals surface area contributed by atoms with Crippen LogP contribution in [0.5, 0.6) is 0 Å². The molecular weight excluding hydrogens is 372 g/mol. The SMILES string of the molecule is CC1=CC(O/C=C(\C=C\C2=C(CO)CCCC2(C)C)C(=O)OC(C)(C)C)OC1=O. The molecule has 0 amide bonds. The van der Waals surface area contributed by atoms with Gasteiger partial charge in [0.15, 0.2) is 0 Å². The van der Waals surface area contributed by atoms with Gasteiger partial charge in [-0.15, -0.1) is 0 Å². The van der Waals surface area contributed by atoms with Crippen LogP contribution in [0, 0.1) is 5.41 Å². The van der Waals surface area contributed by atoms with Gasteiger partial charge in [0.1, 0.15) is 11.9 Å². The minimum Gasteiger partial charge on any atom is -0.458 e. The zero-order chi connectivity index (χ0) is 21.8. The van der Waals surface area contributed by atoms with Gasteiger partial charge < -0.3 is 19.3 Å². The van der Waals surface area contributed by atoms with E-state index in [1.165, 1.54) is 6.26 Å². The molecule has 1 aliphatic heterocycles. The predicted molar refractivity (Wildman–Crippen MR) is 110 cm³/mol. The molecule has 0 saturated carbocycles. The van der Waals surface area contributed by atoms with Crippen LogP contribution >= 0.6 is 0 Å². The van der Waals surface area contributed by atoms with Crippen LogP contribution < -0.4 is 0 Å². The number of hydrogen-bond acceptors (Lipinski definition) is 6. The van der Waals surface area contributed by atoms with E-state index in [0.29, 0.717) is 5.57 Å². The topological polar surface area (TPSA) is 82.1 Å². The number of cyclic esters (lactones) is 1. The summed E-state index contributed by atoms with van der Waals surface area (Å²) in [5, 5.41) is 9.74. The van der Waals surface area contributed by atoms with Crippen LogP contribution in [0.15, 0.2) is 46.8 Å². The van der Waals surface area contributed by atoms with E-state index in [9.17, 15) is 14.7 Å². The lowest BCUT2D eigenvalue weighted by atomic mass is 9.72. The molecule has 0 aromatic carbocycles. The van der Waals surface area contributed by atoms with Gasteiger partial charge in [-0.3, -0.25) is 0 Å². The Kier molecular flexibility index (Phi) is 7.11. The number of carbonyl (C=O) groups excluding carboxylic acids is 2. The zero-order valence-electron chi connectivity index (χ0n) is 18.2. The van der Waals surface area contributed by atoms with E-state index in [0.717, 1.165) is 30.4 Å². The molecule has 1 heterocycles. The molecule has 1 N–H and O–H groups in total. The molecule has 6 nitrogen and oxygen atoms in total. The molecule has 0 spiro atoms. The van der Waals surface area contributed by atoms with Crippen molar-refractivity contribution in [3.63, 3.8) is 0 Å². The number of hydrogen-bond donors (Lipinski definition) is 1. The van der Waals surface area contributed by atoms with Crippen molar-refractivity contribution in [3.8, 4) is 0 Å². The molecule has 1 atom stereocenters. The fraction of sp³-hybridized carbons (Fsp3) is 0.565. The molecular formula is C23H32O6. The molecule has 6 heteroatoms. The van der Waals surface area contributed by atoms with Crippen molar-refractivity contribution < 1.29 is 28.9 Å². The van der Waals surface area contributed by atoms with Gasteiger partial charge in [-0.05, 0) is 69.6 Å². The molecule has 0 radical (unpaired) electrons. The second-order valence-electron chi connectivity index (χ2n) is 9.08. The summed E-state index contributed by atoms with van der Waals surface area (Å²) >= 11 is 0. The van der Waals surface area contributed by atoms with Crippen LogP contribution in [0.25, 0.3) is 0 Å². The predicted octanol–water partition coefficient (Wildman–Crippen LogP) is 4.11. The minimum atomic E-state index is -0.869. The third-order valence-corrected chi connectivity index (χ3v) is 4.91. The highest BCUT2D eigenvalue weighted by Crippen LogP contribution is 2.41. The maximum Gasteiger partial charge on any atom is 0.341 e. The van der Waals surface area contributed by atoms with Crippen molar-refractivity contribution in [2.45, 2.75) is 72.7 Å². The summed E-state index contributed by atoms with van der Waals surface area (Å²) in [6, 6.07) is 0. The molecule has 2 rings (SSSR count). The average Bonchev–Trinajstić information content (AvgIpc) is 2.91. The van der Waals surface area contributed by atoms with Gasteiger partial charge in [0.2, 0.25) is 0 Å². The number of esters is 2. The second-order valence-corrected chi connectivity index (χ2v) is 9.08. The quantitative estimate of drug-likeness (QED) is 0.310. The average molecular weight is 405 g/mol. The maximum atomic E-state index is 12.7. The second kappa shape index (κ2) is 8.99. The van der Waals surface area contributed by atoms with Gasteiger partial charge >= 0.3 is 11.9 Å². The highest BCUT2D eigenvalue weighted by atomic mass is 16.7. The van der Waals surface area contributed by atoms with E-state index in [1.807, 2.05) is 6.08 Å². The molecule has 0 fully saturated rings. The zero-order valence-corrected chi connectivity index (χ0v) is 18.2. The number of ether oxygens (including phenoxy) is 3. The molecule has 0 saturated heterocycles. The van der Waals surface area contributed by atoms with E-state index in [1.54, 1.807) is 39.8 Å².